The van der Waals surface area contributed by atoms with E-state index in [1.54, 1.807) is 18.2 Å². The third-order valence-corrected chi connectivity index (χ3v) is 4.15. The van der Waals surface area contributed by atoms with Crippen LogP contribution < -0.4 is 5.32 Å². The maximum absolute atomic E-state index is 11.6. The van der Waals surface area contributed by atoms with Crippen molar-refractivity contribution in [2.45, 2.75) is 12.5 Å². The second-order valence-corrected chi connectivity index (χ2v) is 5.84. The van der Waals surface area contributed by atoms with Crippen molar-refractivity contribution in [1.29, 1.82) is 0 Å². The molecule has 1 aliphatic rings. The molecule has 1 heterocycles. The van der Waals surface area contributed by atoms with Crippen molar-refractivity contribution in [3.8, 4) is 0 Å². The van der Waals surface area contributed by atoms with Crippen LogP contribution in [0.4, 0.5) is 0 Å². The first-order valence-electron chi connectivity index (χ1n) is 6.22. The number of nitrogens with zero attached hydrogens (tertiary/aromatic N) is 1. The summed E-state index contributed by atoms with van der Waals surface area (Å²) in [5.41, 5.74) is 0.749. The highest BCUT2D eigenvalue weighted by molar-refractivity contribution is 9.10. The highest BCUT2D eigenvalue weighted by atomic mass is 79.9. The molecule has 2 N–H and O–H groups in total. The molecule has 2 rings (SSSR count). The van der Waals surface area contributed by atoms with Gasteiger partial charge in [0.25, 0.3) is 0 Å². The summed E-state index contributed by atoms with van der Waals surface area (Å²) in [5.74, 6) is -0.829. The maximum Gasteiger partial charge on any atom is 0.325 e. The van der Waals surface area contributed by atoms with Crippen LogP contribution in [0.3, 0.4) is 0 Å². The Bertz CT molecular complexity index is 462. The number of hydrogen-bond donors (Lipinski definition) is 2. The number of aliphatic carboxylic acids is 1. The van der Waals surface area contributed by atoms with Gasteiger partial charge in [0.1, 0.15) is 6.04 Å². The van der Waals surface area contributed by atoms with Gasteiger partial charge in [-0.15, -0.1) is 0 Å². The molecule has 0 radical (unpaired) electrons. The number of carboxylic acid groups (broad SMARTS) is 1. The Balaban J connectivity index is 2.30. The molecule has 104 valence electrons. The molecule has 1 aromatic carbocycles. The summed E-state index contributed by atoms with van der Waals surface area (Å²) in [6.07, 6.45) is 0.953. The van der Waals surface area contributed by atoms with Crippen LogP contribution >= 0.6 is 27.5 Å². The predicted octanol–water partition coefficient (Wildman–Crippen LogP) is 2.52. The van der Waals surface area contributed by atoms with E-state index in [9.17, 15) is 9.90 Å². The molecule has 0 bridgehead atoms. The van der Waals surface area contributed by atoms with E-state index in [-0.39, 0.29) is 0 Å². The van der Waals surface area contributed by atoms with E-state index in [4.69, 9.17) is 11.6 Å². The van der Waals surface area contributed by atoms with Gasteiger partial charge in [-0.25, -0.2) is 0 Å². The fraction of sp³-hybridized carbons (Fsp3) is 0.462. The van der Waals surface area contributed by atoms with Crippen molar-refractivity contribution < 1.29 is 9.90 Å². The van der Waals surface area contributed by atoms with E-state index in [1.807, 2.05) is 4.90 Å². The molecule has 1 aliphatic heterocycles. The monoisotopic (exact) mass is 346 g/mol. The fourth-order valence-electron chi connectivity index (χ4n) is 2.33. The van der Waals surface area contributed by atoms with Crippen LogP contribution in [-0.2, 0) is 4.79 Å². The van der Waals surface area contributed by atoms with Crippen molar-refractivity contribution in [1.82, 2.24) is 10.2 Å². The van der Waals surface area contributed by atoms with Crippen molar-refractivity contribution in [2.24, 2.45) is 0 Å². The number of halogens is 2. The minimum Gasteiger partial charge on any atom is -0.480 e. The first-order valence-corrected chi connectivity index (χ1v) is 7.39. The van der Waals surface area contributed by atoms with Crippen LogP contribution in [0.5, 0.6) is 0 Å². The minimum atomic E-state index is -0.829. The van der Waals surface area contributed by atoms with Crippen LogP contribution in [0.15, 0.2) is 22.7 Å². The molecule has 1 aromatic rings. The summed E-state index contributed by atoms with van der Waals surface area (Å²) in [6.45, 7) is 3.25. The van der Waals surface area contributed by atoms with Gasteiger partial charge in [-0.3, -0.25) is 9.69 Å². The Morgan fingerprint density at radius 2 is 2.21 bits per heavy atom. The molecule has 0 aromatic heterocycles. The van der Waals surface area contributed by atoms with E-state index in [2.05, 4.69) is 21.2 Å². The zero-order chi connectivity index (χ0) is 13.8. The SMILES string of the molecule is O=C(O)C(c1ccc(Cl)cc1Br)N1CCCNCC1. The summed E-state index contributed by atoms with van der Waals surface area (Å²) in [4.78, 5) is 13.6. The van der Waals surface area contributed by atoms with E-state index >= 15 is 0 Å². The molecule has 4 nitrogen and oxygen atoms in total. The van der Waals surface area contributed by atoms with Gasteiger partial charge in [0.2, 0.25) is 0 Å². The molecule has 0 amide bonds. The highest BCUT2D eigenvalue weighted by Gasteiger charge is 2.29. The fourth-order valence-corrected chi connectivity index (χ4v) is 3.23. The van der Waals surface area contributed by atoms with Gasteiger partial charge in [0, 0.05) is 29.1 Å². The van der Waals surface area contributed by atoms with Crippen LogP contribution in [0.25, 0.3) is 0 Å². The Kier molecular flexibility index (Phi) is 5.21. The molecule has 1 saturated heterocycles. The Morgan fingerprint density at radius 1 is 1.42 bits per heavy atom. The lowest BCUT2D eigenvalue weighted by Gasteiger charge is -2.28. The van der Waals surface area contributed by atoms with Crippen molar-refractivity contribution in [2.75, 3.05) is 26.2 Å². The number of rotatable bonds is 3. The molecule has 0 spiro atoms. The largest absolute Gasteiger partial charge is 0.480 e. The van der Waals surface area contributed by atoms with Crippen molar-refractivity contribution in [3.05, 3.63) is 33.3 Å². The van der Waals surface area contributed by atoms with Gasteiger partial charge < -0.3 is 10.4 Å². The summed E-state index contributed by atoms with van der Waals surface area (Å²) in [6, 6.07) is 4.62. The van der Waals surface area contributed by atoms with Gasteiger partial charge in [-0.2, -0.15) is 0 Å². The van der Waals surface area contributed by atoms with Crippen LogP contribution in [-0.4, -0.2) is 42.2 Å². The normalized spacial score (nSPS) is 18.8. The van der Waals surface area contributed by atoms with E-state index < -0.39 is 12.0 Å². The molecular formula is C13H16BrClN2O2. The predicted molar refractivity (Wildman–Crippen MR) is 78.6 cm³/mol. The lowest BCUT2D eigenvalue weighted by Crippen LogP contribution is -2.36. The average Bonchev–Trinajstić information content (AvgIpc) is 2.61. The third kappa shape index (κ3) is 3.69. The topological polar surface area (TPSA) is 52.6 Å². The first-order chi connectivity index (χ1) is 9.09. The molecular weight excluding hydrogens is 332 g/mol. The summed E-state index contributed by atoms with van der Waals surface area (Å²) in [5, 5.41) is 13.4. The van der Waals surface area contributed by atoms with E-state index in [1.165, 1.54) is 0 Å². The van der Waals surface area contributed by atoms with Gasteiger partial charge in [-0.05, 0) is 30.7 Å². The van der Waals surface area contributed by atoms with Crippen molar-refractivity contribution in [3.63, 3.8) is 0 Å². The number of benzene rings is 1. The van der Waals surface area contributed by atoms with Gasteiger partial charge in [0.05, 0.1) is 0 Å². The van der Waals surface area contributed by atoms with E-state index in [0.717, 1.165) is 42.6 Å². The molecule has 0 saturated carbocycles. The quantitative estimate of drug-likeness (QED) is 0.882. The molecule has 6 heteroatoms. The van der Waals surface area contributed by atoms with Gasteiger partial charge >= 0.3 is 5.97 Å². The summed E-state index contributed by atoms with van der Waals surface area (Å²) in [7, 11) is 0. The number of carbonyl (C=O) groups is 1. The number of hydrogen-bond acceptors (Lipinski definition) is 3. The van der Waals surface area contributed by atoms with Gasteiger partial charge in [-0.1, -0.05) is 33.6 Å². The molecule has 19 heavy (non-hydrogen) atoms. The second kappa shape index (κ2) is 6.70. The lowest BCUT2D eigenvalue weighted by atomic mass is 10.1. The molecule has 0 aliphatic carbocycles. The number of carboxylic acids is 1. The Morgan fingerprint density at radius 3 is 2.89 bits per heavy atom. The third-order valence-electron chi connectivity index (χ3n) is 3.23. The molecule has 1 atom stereocenters. The highest BCUT2D eigenvalue weighted by Crippen LogP contribution is 2.30. The van der Waals surface area contributed by atoms with Gasteiger partial charge in [0.15, 0.2) is 0 Å². The smallest absolute Gasteiger partial charge is 0.325 e. The first kappa shape index (κ1) is 14.8. The lowest BCUT2D eigenvalue weighted by molar-refractivity contribution is -0.143. The van der Waals surface area contributed by atoms with Crippen molar-refractivity contribution >= 4 is 33.5 Å². The minimum absolute atomic E-state index is 0.595. The van der Waals surface area contributed by atoms with Crippen LogP contribution in [0.1, 0.15) is 18.0 Å². The zero-order valence-electron chi connectivity index (χ0n) is 10.4. The van der Waals surface area contributed by atoms with E-state index in [0.29, 0.717) is 5.02 Å². The average molecular weight is 348 g/mol. The second-order valence-electron chi connectivity index (χ2n) is 4.55. The van der Waals surface area contributed by atoms with Crippen LogP contribution in [0.2, 0.25) is 5.02 Å². The Hall–Kier alpha value is -0.620. The summed E-state index contributed by atoms with van der Waals surface area (Å²) >= 11 is 9.32. The maximum atomic E-state index is 11.6. The standard InChI is InChI=1S/C13H16BrClN2O2/c14-11-8-9(15)2-3-10(11)12(13(18)19)17-6-1-4-16-5-7-17/h2-3,8,12,16H,1,4-7H2,(H,18,19). The summed E-state index contributed by atoms with van der Waals surface area (Å²) < 4.78 is 0.740. The molecule has 1 unspecified atom stereocenters. The molecule has 1 fully saturated rings. The zero-order valence-corrected chi connectivity index (χ0v) is 12.7. The Labute approximate surface area is 125 Å². The number of nitrogens with one attached hydrogen (secondary N) is 1. The van der Waals surface area contributed by atoms with Crippen LogP contribution in [0, 0.1) is 0 Å².